The quantitative estimate of drug-likeness (QED) is 0.277. The van der Waals surface area contributed by atoms with Gasteiger partial charge < -0.3 is 20.3 Å². The summed E-state index contributed by atoms with van der Waals surface area (Å²) in [5.74, 6) is 0.835. The van der Waals surface area contributed by atoms with Gasteiger partial charge in [0.2, 0.25) is 0 Å². The van der Waals surface area contributed by atoms with Crippen LogP contribution in [0.3, 0.4) is 0 Å². The van der Waals surface area contributed by atoms with Gasteiger partial charge in [-0.25, -0.2) is 0 Å². The van der Waals surface area contributed by atoms with Crippen LogP contribution in [-0.2, 0) is 11.3 Å². The third-order valence-electron chi connectivity index (χ3n) is 4.52. The van der Waals surface area contributed by atoms with Gasteiger partial charge >= 0.3 is 0 Å². The van der Waals surface area contributed by atoms with Crippen LogP contribution in [-0.4, -0.2) is 57.3 Å². The van der Waals surface area contributed by atoms with E-state index < -0.39 is 0 Å². The minimum atomic E-state index is 0. The van der Waals surface area contributed by atoms with Crippen molar-refractivity contribution >= 4 is 29.9 Å². The van der Waals surface area contributed by atoms with E-state index in [1.165, 1.54) is 0 Å². The Morgan fingerprint density at radius 1 is 1.31 bits per heavy atom. The number of methoxy groups -OCH3 is 1. The maximum Gasteiger partial charge on any atom is 0.191 e. The zero-order chi connectivity index (χ0) is 17.9. The van der Waals surface area contributed by atoms with Crippen molar-refractivity contribution in [3.05, 3.63) is 35.4 Å². The van der Waals surface area contributed by atoms with Crippen molar-refractivity contribution < 1.29 is 4.74 Å². The number of hydrogen-bond donors (Lipinski definition) is 2. The Morgan fingerprint density at radius 3 is 2.58 bits per heavy atom. The number of nitriles is 1. The van der Waals surface area contributed by atoms with Gasteiger partial charge in [0.25, 0.3) is 0 Å². The number of nitrogens with one attached hydrogen (secondary N) is 2. The Bertz CT molecular complexity index is 577. The first kappa shape index (κ1) is 22.7. The lowest BCUT2D eigenvalue weighted by atomic mass is 10.1. The van der Waals surface area contributed by atoms with Crippen LogP contribution in [0.25, 0.3) is 0 Å². The Morgan fingerprint density at radius 2 is 2.00 bits per heavy atom. The van der Waals surface area contributed by atoms with E-state index in [-0.39, 0.29) is 24.0 Å². The van der Waals surface area contributed by atoms with Crippen LogP contribution < -0.4 is 10.6 Å². The van der Waals surface area contributed by atoms with Crippen molar-refractivity contribution in [1.82, 2.24) is 15.5 Å². The molecule has 1 aliphatic rings. The van der Waals surface area contributed by atoms with Crippen molar-refractivity contribution in [3.8, 4) is 6.07 Å². The Hall–Kier alpha value is -1.37. The Labute approximate surface area is 174 Å². The van der Waals surface area contributed by atoms with Crippen molar-refractivity contribution in [2.75, 3.05) is 40.4 Å². The molecule has 1 aromatic rings. The predicted molar refractivity (Wildman–Crippen MR) is 116 cm³/mol. The van der Waals surface area contributed by atoms with Crippen LogP contribution in [0.5, 0.6) is 0 Å². The fourth-order valence-electron chi connectivity index (χ4n) is 3.00. The monoisotopic (exact) mass is 471 g/mol. The second-order valence-corrected chi connectivity index (χ2v) is 6.34. The molecule has 144 valence electrons. The van der Waals surface area contributed by atoms with Gasteiger partial charge in [-0.05, 0) is 37.0 Å². The number of aliphatic imine (C=N–C) groups is 1. The zero-order valence-electron chi connectivity index (χ0n) is 15.7. The molecule has 1 heterocycles. The highest BCUT2D eigenvalue weighted by Crippen LogP contribution is 2.10. The lowest BCUT2D eigenvalue weighted by molar-refractivity contribution is 0.155. The zero-order valence-corrected chi connectivity index (χ0v) is 18.0. The molecule has 0 spiro atoms. The maximum absolute atomic E-state index is 8.84. The summed E-state index contributed by atoms with van der Waals surface area (Å²) in [6.07, 6.45) is 3.36. The van der Waals surface area contributed by atoms with Crippen LogP contribution >= 0.6 is 24.0 Å². The summed E-state index contributed by atoms with van der Waals surface area (Å²) in [6.45, 7) is 4.89. The molecular formula is C19H30IN5O. The van der Waals surface area contributed by atoms with Crippen LogP contribution in [0, 0.1) is 11.3 Å². The largest absolute Gasteiger partial charge is 0.385 e. The van der Waals surface area contributed by atoms with E-state index in [2.05, 4.69) is 26.6 Å². The summed E-state index contributed by atoms with van der Waals surface area (Å²) in [7, 11) is 3.56. The smallest absolute Gasteiger partial charge is 0.191 e. The topological polar surface area (TPSA) is 72.7 Å². The third-order valence-corrected chi connectivity index (χ3v) is 4.52. The van der Waals surface area contributed by atoms with Crippen molar-refractivity contribution in [2.24, 2.45) is 4.99 Å². The first-order valence-electron chi connectivity index (χ1n) is 8.92. The lowest BCUT2D eigenvalue weighted by Gasteiger charge is -2.33. The lowest BCUT2D eigenvalue weighted by Crippen LogP contribution is -2.48. The van der Waals surface area contributed by atoms with E-state index in [0.29, 0.717) is 18.2 Å². The first-order chi connectivity index (χ1) is 12.2. The summed E-state index contributed by atoms with van der Waals surface area (Å²) in [4.78, 5) is 6.83. The normalized spacial score (nSPS) is 15.8. The van der Waals surface area contributed by atoms with E-state index >= 15 is 0 Å². The molecule has 1 aliphatic heterocycles. The molecule has 1 fully saturated rings. The highest BCUT2D eigenvalue weighted by atomic mass is 127. The second-order valence-electron chi connectivity index (χ2n) is 6.34. The summed E-state index contributed by atoms with van der Waals surface area (Å²) < 4.78 is 5.12. The van der Waals surface area contributed by atoms with Crippen molar-refractivity contribution in [1.29, 1.82) is 5.26 Å². The molecule has 2 N–H and O–H groups in total. The molecule has 1 aromatic carbocycles. The molecule has 2 rings (SSSR count). The van der Waals surface area contributed by atoms with Crippen molar-refractivity contribution in [2.45, 2.75) is 31.8 Å². The molecule has 7 heteroatoms. The molecule has 26 heavy (non-hydrogen) atoms. The molecule has 0 radical (unpaired) electrons. The summed E-state index contributed by atoms with van der Waals surface area (Å²) in [5.41, 5.74) is 1.82. The first-order valence-corrected chi connectivity index (χ1v) is 8.92. The maximum atomic E-state index is 8.84. The minimum absolute atomic E-state index is 0. The average Bonchev–Trinajstić information content (AvgIpc) is 2.67. The SMILES string of the molecule is CN=C(NCc1ccc(C#N)cc1)NC1CCN(CCCOC)CC1.I. The van der Waals surface area contributed by atoms with Gasteiger partial charge in [0.15, 0.2) is 5.96 Å². The van der Waals surface area contributed by atoms with Gasteiger partial charge in [0.1, 0.15) is 0 Å². The van der Waals surface area contributed by atoms with Gasteiger partial charge in [-0.3, -0.25) is 4.99 Å². The number of benzene rings is 1. The summed E-state index contributed by atoms with van der Waals surface area (Å²) >= 11 is 0. The number of piperidine rings is 1. The fourth-order valence-corrected chi connectivity index (χ4v) is 3.00. The highest BCUT2D eigenvalue weighted by molar-refractivity contribution is 14.0. The van der Waals surface area contributed by atoms with E-state index in [9.17, 15) is 0 Å². The summed E-state index contributed by atoms with van der Waals surface area (Å²) in [6, 6.07) is 10.2. The molecular weight excluding hydrogens is 441 g/mol. The van der Waals surface area contributed by atoms with Gasteiger partial charge in [0.05, 0.1) is 11.6 Å². The third kappa shape index (κ3) is 7.89. The molecule has 1 saturated heterocycles. The Kier molecular flexibility index (Phi) is 11.2. The molecule has 0 aliphatic carbocycles. The second kappa shape index (κ2) is 12.9. The number of rotatable bonds is 7. The molecule has 0 aromatic heterocycles. The number of ether oxygens (including phenoxy) is 1. The molecule has 0 atom stereocenters. The Balaban J connectivity index is 0.00000338. The van der Waals surface area contributed by atoms with E-state index in [1.807, 2.05) is 24.3 Å². The average molecular weight is 471 g/mol. The number of guanidine groups is 1. The van der Waals surface area contributed by atoms with Gasteiger partial charge in [-0.1, -0.05) is 12.1 Å². The van der Waals surface area contributed by atoms with E-state index in [4.69, 9.17) is 10.00 Å². The standard InChI is InChI=1S/C19H29N5O.HI/c1-21-19(22-15-17-6-4-16(14-20)5-7-17)23-18-8-11-24(12-9-18)10-3-13-25-2;/h4-7,18H,3,8-13,15H2,1-2H3,(H2,21,22,23);1H. The van der Waals surface area contributed by atoms with Gasteiger partial charge in [0, 0.05) is 53.0 Å². The van der Waals surface area contributed by atoms with Crippen LogP contribution in [0.15, 0.2) is 29.3 Å². The number of hydrogen-bond acceptors (Lipinski definition) is 4. The van der Waals surface area contributed by atoms with Gasteiger partial charge in [-0.2, -0.15) is 5.26 Å². The molecule has 0 unspecified atom stereocenters. The van der Waals surface area contributed by atoms with E-state index in [1.54, 1.807) is 14.2 Å². The van der Waals surface area contributed by atoms with Crippen LogP contribution in [0.1, 0.15) is 30.4 Å². The molecule has 6 nitrogen and oxygen atoms in total. The molecule has 0 amide bonds. The number of halogens is 1. The predicted octanol–water partition coefficient (Wildman–Crippen LogP) is 2.34. The van der Waals surface area contributed by atoms with Crippen molar-refractivity contribution in [3.63, 3.8) is 0 Å². The van der Waals surface area contributed by atoms with Gasteiger partial charge in [-0.15, -0.1) is 24.0 Å². The molecule has 0 saturated carbocycles. The van der Waals surface area contributed by atoms with Crippen LogP contribution in [0.2, 0.25) is 0 Å². The highest BCUT2D eigenvalue weighted by Gasteiger charge is 2.19. The fraction of sp³-hybridized carbons (Fsp3) is 0.579. The van der Waals surface area contributed by atoms with Crippen LogP contribution in [0.4, 0.5) is 0 Å². The summed E-state index contributed by atoms with van der Waals surface area (Å²) in [5, 5.41) is 15.7. The molecule has 0 bridgehead atoms. The number of likely N-dealkylation sites (tertiary alicyclic amines) is 1. The number of nitrogens with zero attached hydrogens (tertiary/aromatic N) is 3. The minimum Gasteiger partial charge on any atom is -0.385 e. The van der Waals surface area contributed by atoms with E-state index in [0.717, 1.165) is 57.0 Å².